The van der Waals surface area contributed by atoms with Crippen molar-refractivity contribution in [3.63, 3.8) is 0 Å². The lowest BCUT2D eigenvalue weighted by molar-refractivity contribution is -0.137. The van der Waals surface area contributed by atoms with Gasteiger partial charge in [0.15, 0.2) is 5.82 Å². The van der Waals surface area contributed by atoms with Gasteiger partial charge in [-0.3, -0.25) is 34.1 Å². The first-order valence-electron chi connectivity index (χ1n) is 19.4. The van der Waals surface area contributed by atoms with Crippen LogP contribution in [0.1, 0.15) is 96.2 Å². The third kappa shape index (κ3) is 10.5. The molecule has 2 aliphatic heterocycles. The van der Waals surface area contributed by atoms with Gasteiger partial charge in [-0.25, -0.2) is 0 Å². The van der Waals surface area contributed by atoms with Gasteiger partial charge in [0.05, 0.1) is 18.6 Å². The van der Waals surface area contributed by atoms with Crippen LogP contribution in [0.4, 0.5) is 5.69 Å². The summed E-state index contributed by atoms with van der Waals surface area (Å²) in [5, 5.41) is 25.5. The van der Waals surface area contributed by atoms with Gasteiger partial charge in [0.1, 0.15) is 22.9 Å². The second-order valence-corrected chi connectivity index (χ2v) is 16.0. The zero-order valence-corrected chi connectivity index (χ0v) is 33.7. The van der Waals surface area contributed by atoms with Crippen molar-refractivity contribution in [2.45, 2.75) is 90.6 Å². The number of nitrogens with one attached hydrogen (secondary N) is 5. The highest BCUT2D eigenvalue weighted by atomic mass is 35.5. The highest BCUT2D eigenvalue weighted by Gasteiger charge is 2.32. The van der Waals surface area contributed by atoms with Crippen molar-refractivity contribution in [2.75, 3.05) is 31.5 Å². The number of benzene rings is 2. The number of aromatic nitrogens is 3. The van der Waals surface area contributed by atoms with Crippen molar-refractivity contribution in [2.24, 2.45) is 4.99 Å². The first-order chi connectivity index (χ1) is 27.1. The Morgan fingerprint density at radius 3 is 2.38 bits per heavy atom. The summed E-state index contributed by atoms with van der Waals surface area (Å²) in [6.45, 7) is 9.33. The van der Waals surface area contributed by atoms with Crippen LogP contribution in [0.5, 0.6) is 0 Å². The lowest BCUT2D eigenvalue weighted by Crippen LogP contribution is -2.52. The molecule has 4 amide bonds. The number of piperidine rings is 1. The van der Waals surface area contributed by atoms with E-state index in [-0.39, 0.29) is 37.0 Å². The van der Waals surface area contributed by atoms with Gasteiger partial charge in [-0.15, -0.1) is 21.5 Å². The molecule has 2 aromatic carbocycles. The van der Waals surface area contributed by atoms with Crippen LogP contribution < -0.4 is 26.6 Å². The van der Waals surface area contributed by atoms with E-state index in [2.05, 4.69) is 55.2 Å². The second-order valence-electron chi connectivity index (χ2n) is 14.3. The SMILES string of the molecule is Cc1sc2c(c1C)C(c1ccc(Cl)cc1)=N[C@@H](CC(=O)NCCCCCCCNCCNc1ccc(CC(=O)NC3CCC(=O)NC3=O)cc1)c1nnc(C)n1-2. The number of hydrogen-bond donors (Lipinski definition) is 5. The van der Waals surface area contributed by atoms with Gasteiger partial charge in [0.25, 0.3) is 0 Å². The Hall–Kier alpha value is -4.92. The molecule has 1 saturated heterocycles. The number of nitrogens with zero attached hydrogens (tertiary/aromatic N) is 4. The van der Waals surface area contributed by atoms with Crippen LogP contribution >= 0.6 is 22.9 Å². The van der Waals surface area contributed by atoms with Gasteiger partial charge in [0.2, 0.25) is 23.6 Å². The van der Waals surface area contributed by atoms with E-state index in [1.165, 1.54) is 4.88 Å². The molecule has 5 N–H and O–H groups in total. The smallest absolute Gasteiger partial charge is 0.249 e. The average Bonchev–Trinajstić information content (AvgIpc) is 3.65. The predicted octanol–water partition coefficient (Wildman–Crippen LogP) is 5.42. The number of unbranched alkanes of at least 4 members (excludes halogenated alkanes) is 4. The fourth-order valence-corrected chi connectivity index (χ4v) is 8.28. The van der Waals surface area contributed by atoms with E-state index in [1.54, 1.807) is 11.3 Å². The molecule has 1 unspecified atom stereocenters. The van der Waals surface area contributed by atoms with Crippen molar-refractivity contribution >= 4 is 58.0 Å². The average molecular weight is 800 g/mol. The second kappa shape index (κ2) is 19.3. The molecule has 6 rings (SSSR count). The lowest BCUT2D eigenvalue weighted by Gasteiger charge is -2.21. The molecule has 2 atom stereocenters. The molecule has 2 aromatic heterocycles. The number of imide groups is 1. The molecule has 0 aliphatic carbocycles. The first-order valence-corrected chi connectivity index (χ1v) is 20.6. The Kier molecular flexibility index (Phi) is 14.0. The number of amides is 4. The minimum atomic E-state index is -0.662. The number of hydrogen-bond acceptors (Lipinski definition) is 10. The van der Waals surface area contributed by atoms with Crippen LogP contribution in [0.15, 0.2) is 53.5 Å². The molecule has 0 spiro atoms. The molecule has 2 aliphatic rings. The molecule has 0 radical (unpaired) electrons. The highest BCUT2D eigenvalue weighted by molar-refractivity contribution is 7.15. The summed E-state index contributed by atoms with van der Waals surface area (Å²) in [5.74, 6) is 0.392. The van der Waals surface area contributed by atoms with Crippen molar-refractivity contribution in [3.8, 4) is 5.00 Å². The number of fused-ring (bicyclic) bond motifs is 3. The highest BCUT2D eigenvalue weighted by Crippen LogP contribution is 2.39. The maximum absolute atomic E-state index is 13.2. The molecule has 1 fully saturated rings. The number of carbonyl (C=O) groups excluding carboxylic acids is 4. The minimum absolute atomic E-state index is 0.0530. The number of rotatable bonds is 18. The zero-order valence-electron chi connectivity index (χ0n) is 32.2. The Morgan fingerprint density at radius 2 is 1.62 bits per heavy atom. The van der Waals surface area contributed by atoms with Crippen LogP contribution in [0.25, 0.3) is 5.00 Å². The molecule has 296 valence electrons. The normalized spacial score (nSPS) is 16.3. The fraction of sp³-hybridized carbons (Fsp3) is 0.439. The van der Waals surface area contributed by atoms with Gasteiger partial charge < -0.3 is 21.3 Å². The van der Waals surface area contributed by atoms with Crippen molar-refractivity contribution in [1.29, 1.82) is 0 Å². The van der Waals surface area contributed by atoms with Gasteiger partial charge in [-0.05, 0) is 82.0 Å². The quantitative estimate of drug-likeness (QED) is 0.0656. The predicted molar refractivity (Wildman–Crippen MR) is 220 cm³/mol. The van der Waals surface area contributed by atoms with Crippen molar-refractivity contribution < 1.29 is 19.2 Å². The summed E-state index contributed by atoms with van der Waals surface area (Å²) in [6, 6.07) is 14.2. The molecule has 13 nitrogen and oxygen atoms in total. The summed E-state index contributed by atoms with van der Waals surface area (Å²) < 4.78 is 2.07. The standard InChI is InChI=1S/C41H50ClN9O4S/c1-25-26(2)56-41-37(25)38(29-11-13-30(42)14-12-29)47-33(39-50-49-27(3)51(39)41)24-35(53)45-20-8-6-4-5-7-19-43-21-22-44-31-15-9-28(10-16-31)23-36(54)46-32-17-18-34(52)48-40(32)55/h9-16,32-33,43-44H,4-8,17-24H2,1-3H3,(H,45,53)(H,46,54)(H,48,52,55)/t32?,33-/m0/s1. The Morgan fingerprint density at radius 1 is 0.893 bits per heavy atom. The first kappa shape index (κ1) is 40.7. The minimum Gasteiger partial charge on any atom is -0.384 e. The molecule has 0 bridgehead atoms. The molecular weight excluding hydrogens is 750 g/mol. The van der Waals surface area contributed by atoms with Gasteiger partial charge >= 0.3 is 0 Å². The summed E-state index contributed by atoms with van der Waals surface area (Å²) in [4.78, 5) is 55.2. The topological polar surface area (TPSA) is 172 Å². The summed E-state index contributed by atoms with van der Waals surface area (Å²) in [5.41, 5.74) is 5.81. The number of halogens is 1. The Labute approximate surface area is 336 Å². The number of anilines is 1. The van der Waals surface area contributed by atoms with Crippen LogP contribution in [0, 0.1) is 20.8 Å². The molecule has 4 heterocycles. The summed E-state index contributed by atoms with van der Waals surface area (Å²) in [7, 11) is 0. The van der Waals surface area contributed by atoms with Gasteiger partial charge in [0, 0.05) is 52.8 Å². The van der Waals surface area contributed by atoms with E-state index in [9.17, 15) is 19.2 Å². The van der Waals surface area contributed by atoms with Crippen molar-refractivity contribution in [1.82, 2.24) is 36.0 Å². The maximum atomic E-state index is 13.2. The van der Waals surface area contributed by atoms with Crippen LogP contribution in [0.3, 0.4) is 0 Å². The van der Waals surface area contributed by atoms with E-state index in [0.29, 0.717) is 23.8 Å². The van der Waals surface area contributed by atoms with E-state index < -0.39 is 18.0 Å². The van der Waals surface area contributed by atoms with Crippen LogP contribution in [-0.4, -0.2) is 76.3 Å². The van der Waals surface area contributed by atoms with Crippen LogP contribution in [0.2, 0.25) is 5.02 Å². The molecule has 15 heteroatoms. The van der Waals surface area contributed by atoms with E-state index in [0.717, 1.165) is 96.2 Å². The number of aliphatic imine (C=N–C) groups is 1. The van der Waals surface area contributed by atoms with E-state index >= 15 is 0 Å². The maximum Gasteiger partial charge on any atom is 0.249 e. The molecule has 4 aromatic rings. The summed E-state index contributed by atoms with van der Waals surface area (Å²) in [6.07, 6.45) is 6.18. The fourth-order valence-electron chi connectivity index (χ4n) is 6.94. The third-order valence-electron chi connectivity index (χ3n) is 10.1. The van der Waals surface area contributed by atoms with E-state index in [4.69, 9.17) is 16.6 Å². The number of aryl methyl sites for hydroxylation is 2. The summed E-state index contributed by atoms with van der Waals surface area (Å²) >= 11 is 7.92. The Balaban J connectivity index is 0.850. The number of carbonyl (C=O) groups is 4. The largest absolute Gasteiger partial charge is 0.384 e. The van der Waals surface area contributed by atoms with Crippen molar-refractivity contribution in [3.05, 3.63) is 92.3 Å². The van der Waals surface area contributed by atoms with Gasteiger partial charge in [-0.1, -0.05) is 55.1 Å². The third-order valence-corrected chi connectivity index (χ3v) is 11.6. The molecular formula is C41H50ClN9O4S. The van der Waals surface area contributed by atoms with E-state index in [1.807, 2.05) is 55.5 Å². The monoisotopic (exact) mass is 799 g/mol. The zero-order chi connectivity index (χ0) is 39.6. The lowest BCUT2D eigenvalue weighted by atomic mass is 9.99. The number of thiophene rings is 1. The molecule has 56 heavy (non-hydrogen) atoms. The molecule has 0 saturated carbocycles. The van der Waals surface area contributed by atoms with Crippen LogP contribution in [-0.2, 0) is 25.6 Å². The Bertz CT molecular complexity index is 2060. The van der Waals surface area contributed by atoms with Gasteiger partial charge in [-0.2, -0.15) is 0 Å².